The van der Waals surface area contributed by atoms with Crippen LogP contribution in [-0.2, 0) is 9.53 Å². The van der Waals surface area contributed by atoms with E-state index in [1.54, 1.807) is 12.0 Å². The molecule has 1 aliphatic rings. The largest absolute Gasteiger partial charge is 0.385 e. The molecule has 0 N–H and O–H groups in total. The number of hydrogen-bond acceptors (Lipinski definition) is 5. The number of methoxy groups -OCH3 is 1. The first-order chi connectivity index (χ1) is 16.0. The number of amidine groups is 1. The first-order valence-electron chi connectivity index (χ1n) is 10.9. The summed E-state index contributed by atoms with van der Waals surface area (Å²) in [5.74, 6) is 0.858. The Morgan fingerprint density at radius 3 is 2.64 bits per heavy atom. The zero-order chi connectivity index (χ0) is 23.4. The molecule has 1 amide bonds. The van der Waals surface area contributed by atoms with Crippen molar-refractivity contribution in [1.29, 1.82) is 0 Å². The van der Waals surface area contributed by atoms with Gasteiger partial charge in [-0.2, -0.15) is 0 Å². The Hall–Kier alpha value is -3.16. The number of aliphatic imine (C=N–C) groups is 1. The number of aromatic nitrogens is 2. The Kier molecular flexibility index (Phi) is 7.11. The molecule has 0 radical (unpaired) electrons. The van der Waals surface area contributed by atoms with E-state index in [1.807, 2.05) is 48.7 Å². The van der Waals surface area contributed by atoms with E-state index in [0.29, 0.717) is 23.2 Å². The van der Waals surface area contributed by atoms with Crippen molar-refractivity contribution in [2.45, 2.75) is 27.2 Å². The molecular weight excluding hydrogens is 432 g/mol. The van der Waals surface area contributed by atoms with Gasteiger partial charge in [0.1, 0.15) is 5.82 Å². The average Bonchev–Trinajstić information content (AvgIpc) is 3.24. The Balaban J connectivity index is 1.68. The number of rotatable bonds is 7. The zero-order valence-corrected chi connectivity index (χ0v) is 20.2. The second kappa shape index (κ2) is 10.2. The molecule has 4 rings (SSSR count). The summed E-state index contributed by atoms with van der Waals surface area (Å²) >= 11 is 1.42. The van der Waals surface area contributed by atoms with Crippen molar-refractivity contribution in [2.75, 3.05) is 20.3 Å². The summed E-state index contributed by atoms with van der Waals surface area (Å²) in [4.78, 5) is 25.0. The molecule has 0 bridgehead atoms. The van der Waals surface area contributed by atoms with Gasteiger partial charge in [-0.15, -0.1) is 0 Å². The van der Waals surface area contributed by atoms with Crippen molar-refractivity contribution in [3.05, 3.63) is 82.1 Å². The van der Waals surface area contributed by atoms with Crippen molar-refractivity contribution < 1.29 is 9.53 Å². The van der Waals surface area contributed by atoms with Crippen molar-refractivity contribution in [1.82, 2.24) is 14.5 Å². The van der Waals surface area contributed by atoms with Crippen LogP contribution in [0.4, 0.5) is 5.69 Å². The minimum absolute atomic E-state index is 0.0238. The molecule has 3 aromatic rings. The third kappa shape index (κ3) is 5.10. The molecule has 170 valence electrons. The minimum atomic E-state index is -0.0238. The number of benzene rings is 1. The molecule has 6 nitrogen and oxygen atoms in total. The highest BCUT2D eigenvalue weighted by molar-refractivity contribution is 8.18. The SMILES string of the molecule is COCCCN1C(=O)/C(=C/c2cc(C)n(-c3cc(C)ccn3)c2C)SC1=Nc1ccccc1. The van der Waals surface area contributed by atoms with Crippen LogP contribution in [0, 0.1) is 20.8 Å². The highest BCUT2D eigenvalue weighted by Crippen LogP contribution is 2.35. The smallest absolute Gasteiger partial charge is 0.266 e. The predicted molar refractivity (Wildman–Crippen MR) is 135 cm³/mol. The molecule has 1 saturated heterocycles. The topological polar surface area (TPSA) is 59.7 Å². The van der Waals surface area contributed by atoms with Gasteiger partial charge in [-0.05, 0) is 86.5 Å². The van der Waals surface area contributed by atoms with Crippen LogP contribution >= 0.6 is 11.8 Å². The van der Waals surface area contributed by atoms with E-state index in [2.05, 4.69) is 42.5 Å². The molecule has 1 aliphatic heterocycles. The summed E-state index contributed by atoms with van der Waals surface area (Å²) in [5.41, 5.74) is 5.11. The van der Waals surface area contributed by atoms with Crippen LogP contribution in [0.3, 0.4) is 0 Å². The second-order valence-corrected chi connectivity index (χ2v) is 9.01. The van der Waals surface area contributed by atoms with E-state index in [0.717, 1.165) is 40.4 Å². The van der Waals surface area contributed by atoms with E-state index in [4.69, 9.17) is 9.73 Å². The monoisotopic (exact) mass is 460 g/mol. The summed E-state index contributed by atoms with van der Waals surface area (Å²) in [6, 6.07) is 15.9. The Bertz CT molecular complexity index is 1210. The Morgan fingerprint density at radius 1 is 1.12 bits per heavy atom. The van der Waals surface area contributed by atoms with Crippen LogP contribution in [0.25, 0.3) is 11.9 Å². The molecule has 2 aromatic heterocycles. The second-order valence-electron chi connectivity index (χ2n) is 8.00. The van der Waals surface area contributed by atoms with Gasteiger partial charge in [0.2, 0.25) is 0 Å². The van der Waals surface area contributed by atoms with Crippen molar-refractivity contribution in [3.8, 4) is 5.82 Å². The number of ether oxygens (including phenoxy) is 1. The lowest BCUT2D eigenvalue weighted by Gasteiger charge is -2.15. The fraction of sp³-hybridized carbons (Fsp3) is 0.269. The number of para-hydroxylation sites is 1. The van der Waals surface area contributed by atoms with Crippen LogP contribution in [0.15, 0.2) is 64.6 Å². The maximum absolute atomic E-state index is 13.3. The third-order valence-corrected chi connectivity index (χ3v) is 6.49. The predicted octanol–water partition coefficient (Wildman–Crippen LogP) is 5.44. The zero-order valence-electron chi connectivity index (χ0n) is 19.4. The lowest BCUT2D eigenvalue weighted by Crippen LogP contribution is -2.30. The van der Waals surface area contributed by atoms with Crippen LogP contribution in [-0.4, -0.2) is 45.8 Å². The molecule has 33 heavy (non-hydrogen) atoms. The number of carbonyl (C=O) groups is 1. The van der Waals surface area contributed by atoms with Crippen molar-refractivity contribution in [3.63, 3.8) is 0 Å². The molecule has 3 heterocycles. The van der Waals surface area contributed by atoms with Crippen LogP contribution in [0.1, 0.15) is 28.9 Å². The molecule has 0 saturated carbocycles. The number of hydrogen-bond donors (Lipinski definition) is 0. The van der Waals surface area contributed by atoms with Gasteiger partial charge in [-0.25, -0.2) is 9.98 Å². The summed E-state index contributed by atoms with van der Waals surface area (Å²) in [5, 5.41) is 0.697. The first-order valence-corrected chi connectivity index (χ1v) is 11.8. The van der Waals surface area contributed by atoms with Crippen LogP contribution in [0.5, 0.6) is 0 Å². The Labute approximate surface area is 199 Å². The maximum atomic E-state index is 13.3. The highest BCUT2D eigenvalue weighted by Gasteiger charge is 2.33. The maximum Gasteiger partial charge on any atom is 0.266 e. The average molecular weight is 461 g/mol. The number of pyridine rings is 1. The van der Waals surface area contributed by atoms with Gasteiger partial charge < -0.3 is 9.30 Å². The van der Waals surface area contributed by atoms with Crippen LogP contribution in [0.2, 0.25) is 0 Å². The van der Waals surface area contributed by atoms with E-state index in [1.165, 1.54) is 11.8 Å². The number of amides is 1. The molecule has 1 fully saturated rings. The van der Waals surface area contributed by atoms with Gasteiger partial charge in [-0.1, -0.05) is 18.2 Å². The van der Waals surface area contributed by atoms with Gasteiger partial charge >= 0.3 is 0 Å². The standard InChI is InChI=1S/C26H28N4O2S/c1-18-11-12-27-24(15-18)30-19(2)16-21(20(30)3)17-23-25(31)29(13-8-14-32-4)26(33-23)28-22-9-6-5-7-10-22/h5-7,9-12,15-17H,8,13-14H2,1-4H3/b23-17-,28-26?. The lowest BCUT2D eigenvalue weighted by atomic mass is 10.2. The Morgan fingerprint density at radius 2 is 1.91 bits per heavy atom. The minimum Gasteiger partial charge on any atom is -0.385 e. The molecule has 1 aromatic carbocycles. The van der Waals surface area contributed by atoms with Gasteiger partial charge in [0.05, 0.1) is 10.6 Å². The molecule has 0 atom stereocenters. The van der Waals surface area contributed by atoms with Crippen LogP contribution < -0.4 is 0 Å². The van der Waals surface area contributed by atoms with E-state index < -0.39 is 0 Å². The molecular formula is C26H28N4O2S. The fourth-order valence-electron chi connectivity index (χ4n) is 3.84. The lowest BCUT2D eigenvalue weighted by molar-refractivity contribution is -0.122. The van der Waals surface area contributed by atoms with Gasteiger partial charge in [0, 0.05) is 37.8 Å². The van der Waals surface area contributed by atoms with E-state index in [9.17, 15) is 4.79 Å². The summed E-state index contributed by atoms with van der Waals surface area (Å²) in [7, 11) is 1.67. The van der Waals surface area contributed by atoms with Gasteiger partial charge in [0.15, 0.2) is 5.17 Å². The number of nitrogens with zero attached hydrogens (tertiary/aromatic N) is 4. The molecule has 7 heteroatoms. The normalized spacial score (nSPS) is 16.4. The molecule has 0 unspecified atom stereocenters. The van der Waals surface area contributed by atoms with Crippen molar-refractivity contribution in [2.24, 2.45) is 4.99 Å². The molecule has 0 spiro atoms. The summed E-state index contributed by atoms with van der Waals surface area (Å²) < 4.78 is 7.31. The summed E-state index contributed by atoms with van der Waals surface area (Å²) in [6.45, 7) is 7.33. The number of carbonyl (C=O) groups excluding carboxylic acids is 1. The summed E-state index contributed by atoms with van der Waals surface area (Å²) in [6.07, 6.45) is 4.54. The third-order valence-electron chi connectivity index (χ3n) is 5.49. The van der Waals surface area contributed by atoms with Gasteiger partial charge in [-0.3, -0.25) is 9.69 Å². The fourth-order valence-corrected chi connectivity index (χ4v) is 4.85. The quantitative estimate of drug-likeness (QED) is 0.348. The molecule has 0 aliphatic carbocycles. The van der Waals surface area contributed by atoms with Gasteiger partial charge in [0.25, 0.3) is 5.91 Å². The highest BCUT2D eigenvalue weighted by atomic mass is 32.2. The van der Waals surface area contributed by atoms with E-state index >= 15 is 0 Å². The first kappa shape index (κ1) is 23.0. The van der Waals surface area contributed by atoms with Crippen molar-refractivity contribution >= 4 is 34.6 Å². The van der Waals surface area contributed by atoms with E-state index in [-0.39, 0.29) is 5.91 Å². The number of thioether (sulfide) groups is 1. The number of aryl methyl sites for hydroxylation is 2.